The van der Waals surface area contributed by atoms with Gasteiger partial charge in [0.2, 0.25) is 0 Å². The van der Waals surface area contributed by atoms with E-state index in [1.54, 1.807) is 19.9 Å². The number of hydrogen-bond donors (Lipinski definition) is 5. The summed E-state index contributed by atoms with van der Waals surface area (Å²) in [6.45, 7) is 9.21. The zero-order chi connectivity index (χ0) is 27.3. The highest BCUT2D eigenvalue weighted by Gasteiger charge is 2.69. The minimum Gasteiger partial charge on any atom is -0.462 e. The number of ether oxygens (including phenoxy) is 1. The lowest BCUT2D eigenvalue weighted by Gasteiger charge is -2.60. The monoisotopic (exact) mass is 520 g/mol. The van der Waals surface area contributed by atoms with Crippen molar-refractivity contribution in [1.82, 2.24) is 0 Å². The van der Waals surface area contributed by atoms with E-state index in [0.29, 0.717) is 37.7 Å². The number of allylic oxidation sites excluding steroid dienone is 1. The summed E-state index contributed by atoms with van der Waals surface area (Å²) in [5.41, 5.74) is -3.47. The van der Waals surface area contributed by atoms with Gasteiger partial charge in [0.25, 0.3) is 0 Å². The van der Waals surface area contributed by atoms with E-state index in [2.05, 4.69) is 0 Å². The van der Waals surface area contributed by atoms with Crippen LogP contribution < -0.4 is 0 Å². The summed E-state index contributed by atoms with van der Waals surface area (Å²) in [6.07, 6.45) is 1.21. The predicted octanol–water partition coefficient (Wildman–Crippen LogP) is 1.89. The second kappa shape index (κ2) is 8.59. The Morgan fingerprint density at radius 3 is 2.41 bits per heavy atom. The summed E-state index contributed by atoms with van der Waals surface area (Å²) in [4.78, 5) is 25.4. The molecule has 8 heteroatoms. The van der Waals surface area contributed by atoms with Crippen LogP contribution in [0.2, 0.25) is 0 Å². The lowest BCUT2D eigenvalue weighted by atomic mass is 9.45. The Balaban J connectivity index is 1.44. The quantitative estimate of drug-likeness (QED) is 0.354. The van der Waals surface area contributed by atoms with Crippen molar-refractivity contribution in [2.24, 2.45) is 40.4 Å². The van der Waals surface area contributed by atoms with Crippen LogP contribution in [-0.2, 0) is 14.3 Å². The van der Waals surface area contributed by atoms with Crippen molar-refractivity contribution in [2.75, 3.05) is 0 Å². The fraction of sp³-hybridized carbons (Fsp3) is 0.862. The topological polar surface area (TPSA) is 145 Å². The Kier molecular flexibility index (Phi) is 6.33. The van der Waals surface area contributed by atoms with Gasteiger partial charge < -0.3 is 30.3 Å². The zero-order valence-corrected chi connectivity index (χ0v) is 22.7. The Bertz CT molecular complexity index is 1010. The molecule has 0 aromatic carbocycles. The Hall–Kier alpha value is -1.32. The first-order valence-electron chi connectivity index (χ1n) is 14.0. The Labute approximate surface area is 219 Å². The lowest BCUT2D eigenvalue weighted by Crippen LogP contribution is -2.63. The summed E-state index contributed by atoms with van der Waals surface area (Å²) in [5.74, 6) is -1.88. The molecule has 0 aromatic rings. The molecule has 3 saturated carbocycles. The van der Waals surface area contributed by atoms with E-state index in [0.717, 1.165) is 0 Å². The maximum atomic E-state index is 13.3. The van der Waals surface area contributed by atoms with Gasteiger partial charge in [-0.15, -0.1) is 0 Å². The minimum atomic E-state index is -1.52. The van der Waals surface area contributed by atoms with Crippen LogP contribution in [0.5, 0.6) is 0 Å². The zero-order valence-electron chi connectivity index (χ0n) is 22.7. The van der Waals surface area contributed by atoms with Crippen molar-refractivity contribution < 1.29 is 39.9 Å². The number of carbonyl (C=O) groups is 2. The molecule has 1 saturated heterocycles. The molecule has 5 aliphatic rings. The van der Waals surface area contributed by atoms with Crippen molar-refractivity contribution in [3.8, 4) is 0 Å². The molecule has 5 N–H and O–H groups in total. The maximum Gasteiger partial charge on any atom is 0.309 e. The fourth-order valence-corrected chi connectivity index (χ4v) is 9.39. The van der Waals surface area contributed by atoms with E-state index in [1.807, 2.05) is 20.8 Å². The summed E-state index contributed by atoms with van der Waals surface area (Å²) in [6, 6.07) is 0. The van der Waals surface area contributed by atoms with Gasteiger partial charge in [-0.05, 0) is 87.7 Å². The molecule has 13 atom stereocenters. The number of cyclic esters (lactones) is 1. The van der Waals surface area contributed by atoms with Gasteiger partial charge >= 0.3 is 5.97 Å². The number of fused-ring (bicyclic) bond motifs is 5. The first-order valence-corrected chi connectivity index (χ1v) is 14.0. The third-order valence-electron chi connectivity index (χ3n) is 11.9. The van der Waals surface area contributed by atoms with Crippen LogP contribution in [0.1, 0.15) is 79.6 Å². The standard InChI is InChI=1S/C29H44O8/c1-14-16(15(2)37-25(14)34)10-24(33)28(5,35)23-7-9-29(36)18-11-20(30)19-12-21(31)22(32)13-26(19,3)17(18)6-8-27(23,29)4/h11,14-17,19,21-24,31-33,35-36H,6-10,12-13H2,1-5H3/t14-,15+,16?,17-,19-,21+,22-,23-,24+,26+,27+,28+,29+/m1/s1. The van der Waals surface area contributed by atoms with Crippen LogP contribution in [0, 0.1) is 40.4 Å². The number of aliphatic hydroxyl groups excluding tert-OH is 3. The summed E-state index contributed by atoms with van der Waals surface area (Å²) >= 11 is 0. The highest BCUT2D eigenvalue weighted by atomic mass is 16.6. The van der Waals surface area contributed by atoms with Crippen molar-refractivity contribution >= 4 is 11.8 Å². The van der Waals surface area contributed by atoms with Gasteiger partial charge in [-0.2, -0.15) is 0 Å². The molecular weight excluding hydrogens is 476 g/mol. The van der Waals surface area contributed by atoms with Crippen LogP contribution in [-0.4, -0.2) is 72.9 Å². The highest BCUT2D eigenvalue weighted by molar-refractivity contribution is 5.95. The van der Waals surface area contributed by atoms with E-state index in [9.17, 15) is 35.1 Å². The summed E-state index contributed by atoms with van der Waals surface area (Å²) in [5, 5.41) is 56.2. The minimum absolute atomic E-state index is 0.104. The first kappa shape index (κ1) is 27.3. The third kappa shape index (κ3) is 3.65. The molecule has 1 unspecified atom stereocenters. The SMILES string of the molecule is C[C@@H]1OC(=O)[C@H](C)C1C[C@H](O)[C@@](C)(O)[C@@H]1CC[C@]2(O)C3=CC(=O)[C@H]4C[C@H](O)[C@H](O)C[C@@]4(C)[C@@H]3CC[C@@]12C. The molecule has 1 heterocycles. The van der Waals surface area contributed by atoms with Crippen molar-refractivity contribution in [2.45, 2.75) is 115 Å². The van der Waals surface area contributed by atoms with Crippen LogP contribution in [0.3, 0.4) is 0 Å². The van der Waals surface area contributed by atoms with E-state index in [1.165, 1.54) is 0 Å². The van der Waals surface area contributed by atoms with E-state index in [-0.39, 0.29) is 48.5 Å². The van der Waals surface area contributed by atoms with Crippen molar-refractivity contribution in [3.63, 3.8) is 0 Å². The van der Waals surface area contributed by atoms with Gasteiger partial charge in [-0.1, -0.05) is 20.8 Å². The molecule has 0 amide bonds. The average molecular weight is 521 g/mol. The number of carbonyl (C=O) groups excluding carboxylic acids is 2. The Morgan fingerprint density at radius 2 is 1.78 bits per heavy atom. The van der Waals surface area contributed by atoms with E-state index in [4.69, 9.17) is 4.74 Å². The van der Waals surface area contributed by atoms with E-state index < -0.39 is 52.2 Å². The molecule has 5 rings (SSSR count). The third-order valence-corrected chi connectivity index (χ3v) is 11.9. The average Bonchev–Trinajstić information content (AvgIpc) is 3.23. The van der Waals surface area contributed by atoms with Gasteiger partial charge in [-0.3, -0.25) is 9.59 Å². The Morgan fingerprint density at radius 1 is 1.11 bits per heavy atom. The molecule has 0 aromatic heterocycles. The highest BCUT2D eigenvalue weighted by Crippen LogP contribution is 2.68. The molecular formula is C29H44O8. The molecule has 37 heavy (non-hydrogen) atoms. The van der Waals surface area contributed by atoms with Crippen LogP contribution in [0.4, 0.5) is 0 Å². The number of rotatable bonds is 4. The lowest BCUT2D eigenvalue weighted by molar-refractivity contribution is -0.178. The van der Waals surface area contributed by atoms with Crippen molar-refractivity contribution in [1.29, 1.82) is 0 Å². The normalized spacial score (nSPS) is 51.9. The number of aliphatic hydroxyl groups is 5. The van der Waals surface area contributed by atoms with E-state index >= 15 is 0 Å². The number of esters is 1. The molecule has 0 bridgehead atoms. The largest absolute Gasteiger partial charge is 0.462 e. The second-order valence-corrected chi connectivity index (χ2v) is 13.7. The van der Waals surface area contributed by atoms with Gasteiger partial charge in [0.1, 0.15) is 6.10 Å². The van der Waals surface area contributed by atoms with Gasteiger partial charge in [0.05, 0.1) is 35.4 Å². The molecule has 1 aliphatic heterocycles. The maximum absolute atomic E-state index is 13.3. The predicted molar refractivity (Wildman–Crippen MR) is 134 cm³/mol. The van der Waals surface area contributed by atoms with Gasteiger partial charge in [0.15, 0.2) is 5.78 Å². The molecule has 4 fully saturated rings. The molecule has 0 radical (unpaired) electrons. The second-order valence-electron chi connectivity index (χ2n) is 13.7. The summed E-state index contributed by atoms with van der Waals surface area (Å²) in [7, 11) is 0. The van der Waals surface area contributed by atoms with Crippen LogP contribution in [0.25, 0.3) is 0 Å². The number of hydrogen-bond acceptors (Lipinski definition) is 8. The van der Waals surface area contributed by atoms with Crippen molar-refractivity contribution in [3.05, 3.63) is 11.6 Å². The van der Waals surface area contributed by atoms with Crippen LogP contribution in [0.15, 0.2) is 11.6 Å². The summed E-state index contributed by atoms with van der Waals surface area (Å²) < 4.78 is 5.34. The van der Waals surface area contributed by atoms with Gasteiger partial charge in [-0.25, -0.2) is 0 Å². The molecule has 208 valence electrons. The van der Waals surface area contributed by atoms with Gasteiger partial charge in [0, 0.05) is 17.3 Å². The number of ketones is 1. The first-order chi connectivity index (χ1) is 17.1. The van der Waals surface area contributed by atoms with Crippen LogP contribution >= 0.6 is 0 Å². The molecule has 4 aliphatic carbocycles. The molecule has 8 nitrogen and oxygen atoms in total. The molecule has 0 spiro atoms. The smallest absolute Gasteiger partial charge is 0.309 e. The fourth-order valence-electron chi connectivity index (χ4n) is 9.39.